The van der Waals surface area contributed by atoms with Crippen LogP contribution in [0.4, 0.5) is 5.69 Å². The minimum absolute atomic E-state index is 0.106. The monoisotopic (exact) mass is 431 g/mol. The maximum absolute atomic E-state index is 12.6. The number of piperidine rings is 1. The number of likely N-dealkylation sites (tertiary alicyclic amines) is 1. The van der Waals surface area contributed by atoms with Gasteiger partial charge in [0.1, 0.15) is 0 Å². The summed E-state index contributed by atoms with van der Waals surface area (Å²) in [5, 5.41) is 4.49. The minimum atomic E-state index is 0.106. The molecule has 0 spiro atoms. The molecule has 0 saturated carbocycles. The molecule has 2 heterocycles. The van der Waals surface area contributed by atoms with Gasteiger partial charge in [-0.15, -0.1) is 0 Å². The number of likely N-dealkylation sites (N-methyl/N-ethyl adjacent to an activating group) is 1. The number of hydrogen-bond acceptors (Lipinski definition) is 3. The van der Waals surface area contributed by atoms with Gasteiger partial charge in [0, 0.05) is 40.7 Å². The number of halogens is 2. The third-order valence-electron chi connectivity index (χ3n) is 6.16. The van der Waals surface area contributed by atoms with E-state index in [1.165, 1.54) is 11.1 Å². The van der Waals surface area contributed by atoms with Crippen LogP contribution in [0.2, 0.25) is 10.0 Å². The van der Waals surface area contributed by atoms with Crippen LogP contribution in [-0.2, 0) is 11.3 Å². The summed E-state index contributed by atoms with van der Waals surface area (Å²) >= 11 is 12.8. The van der Waals surface area contributed by atoms with Gasteiger partial charge in [-0.25, -0.2) is 0 Å². The summed E-state index contributed by atoms with van der Waals surface area (Å²) in [4.78, 5) is 17.1. The molecule has 0 radical (unpaired) electrons. The van der Waals surface area contributed by atoms with Crippen LogP contribution in [0.1, 0.15) is 35.4 Å². The first-order valence-corrected chi connectivity index (χ1v) is 10.9. The SMILES string of the molecule is CN1CCC(C(=O)Nc2ccc(C3CN(C)Cc4c(Cl)cc(Cl)cc43)cc2)CC1. The highest BCUT2D eigenvalue weighted by Crippen LogP contribution is 2.38. The van der Waals surface area contributed by atoms with Crippen molar-refractivity contribution in [3.8, 4) is 0 Å². The Kier molecular flexibility index (Phi) is 6.16. The van der Waals surface area contributed by atoms with E-state index in [-0.39, 0.29) is 17.7 Å². The fraction of sp³-hybridized carbons (Fsp3) is 0.435. The predicted molar refractivity (Wildman–Crippen MR) is 120 cm³/mol. The Labute approximate surface area is 182 Å². The first-order valence-electron chi connectivity index (χ1n) is 10.2. The van der Waals surface area contributed by atoms with E-state index < -0.39 is 0 Å². The molecular weight excluding hydrogens is 405 g/mol. The first-order chi connectivity index (χ1) is 13.9. The lowest BCUT2D eigenvalue weighted by molar-refractivity contribution is -0.121. The Balaban J connectivity index is 1.51. The van der Waals surface area contributed by atoms with E-state index in [2.05, 4.69) is 41.3 Å². The second-order valence-corrected chi connectivity index (χ2v) is 9.24. The molecule has 0 aliphatic carbocycles. The van der Waals surface area contributed by atoms with Crippen molar-refractivity contribution in [1.29, 1.82) is 0 Å². The third-order valence-corrected chi connectivity index (χ3v) is 6.72. The van der Waals surface area contributed by atoms with E-state index in [9.17, 15) is 4.79 Å². The van der Waals surface area contributed by atoms with Gasteiger partial charge in [0.15, 0.2) is 0 Å². The number of rotatable bonds is 3. The summed E-state index contributed by atoms with van der Waals surface area (Å²) in [5.74, 6) is 0.444. The van der Waals surface area contributed by atoms with E-state index in [0.717, 1.165) is 55.3 Å². The Morgan fingerprint density at radius 2 is 1.72 bits per heavy atom. The number of anilines is 1. The summed E-state index contributed by atoms with van der Waals surface area (Å²) in [6, 6.07) is 12.1. The number of carbonyl (C=O) groups excluding carboxylic acids is 1. The summed E-state index contributed by atoms with van der Waals surface area (Å²) in [5.41, 5.74) is 4.40. The van der Waals surface area contributed by atoms with Crippen molar-refractivity contribution >= 4 is 34.8 Å². The second-order valence-electron chi connectivity index (χ2n) is 8.39. The van der Waals surface area contributed by atoms with Gasteiger partial charge in [-0.2, -0.15) is 0 Å². The molecule has 29 heavy (non-hydrogen) atoms. The van der Waals surface area contributed by atoms with Crippen molar-refractivity contribution in [2.75, 3.05) is 39.0 Å². The molecule has 2 aromatic rings. The molecule has 0 bridgehead atoms. The van der Waals surface area contributed by atoms with Gasteiger partial charge in [-0.3, -0.25) is 4.79 Å². The minimum Gasteiger partial charge on any atom is -0.326 e. The topological polar surface area (TPSA) is 35.6 Å². The van der Waals surface area contributed by atoms with Crippen molar-refractivity contribution in [2.24, 2.45) is 5.92 Å². The second kappa shape index (κ2) is 8.65. The molecular formula is C23H27Cl2N3O. The molecule has 2 aliphatic heterocycles. The van der Waals surface area contributed by atoms with E-state index in [1.54, 1.807) is 0 Å². The van der Waals surface area contributed by atoms with Crippen LogP contribution in [0.3, 0.4) is 0 Å². The Hall–Kier alpha value is -1.59. The molecule has 1 atom stereocenters. The summed E-state index contributed by atoms with van der Waals surface area (Å²) in [7, 11) is 4.21. The highest BCUT2D eigenvalue weighted by atomic mass is 35.5. The van der Waals surface area contributed by atoms with Crippen LogP contribution in [0.25, 0.3) is 0 Å². The Bertz CT molecular complexity index is 892. The zero-order valence-electron chi connectivity index (χ0n) is 16.9. The molecule has 154 valence electrons. The number of benzene rings is 2. The zero-order valence-corrected chi connectivity index (χ0v) is 18.4. The Morgan fingerprint density at radius 3 is 2.41 bits per heavy atom. The van der Waals surface area contributed by atoms with Crippen molar-refractivity contribution in [2.45, 2.75) is 25.3 Å². The summed E-state index contributed by atoms with van der Waals surface area (Å²) in [6.45, 7) is 3.70. The lowest BCUT2D eigenvalue weighted by Crippen LogP contribution is -2.35. The van der Waals surface area contributed by atoms with E-state index in [1.807, 2.05) is 24.3 Å². The Morgan fingerprint density at radius 1 is 1.03 bits per heavy atom. The van der Waals surface area contributed by atoms with Crippen LogP contribution >= 0.6 is 23.2 Å². The number of carbonyl (C=O) groups is 1. The lowest BCUT2D eigenvalue weighted by atomic mass is 9.84. The predicted octanol–water partition coefficient (Wildman–Crippen LogP) is 4.85. The molecule has 1 amide bonds. The molecule has 0 aromatic heterocycles. The highest BCUT2D eigenvalue weighted by Gasteiger charge is 2.27. The summed E-state index contributed by atoms with van der Waals surface area (Å²) in [6.07, 6.45) is 1.85. The smallest absolute Gasteiger partial charge is 0.227 e. The van der Waals surface area contributed by atoms with Crippen LogP contribution in [0.5, 0.6) is 0 Å². The van der Waals surface area contributed by atoms with Gasteiger partial charge in [0.25, 0.3) is 0 Å². The van der Waals surface area contributed by atoms with Crippen LogP contribution in [-0.4, -0.2) is 49.4 Å². The van der Waals surface area contributed by atoms with Gasteiger partial charge in [0.05, 0.1) is 0 Å². The van der Waals surface area contributed by atoms with Crippen molar-refractivity contribution in [1.82, 2.24) is 9.80 Å². The van der Waals surface area contributed by atoms with Gasteiger partial charge < -0.3 is 15.1 Å². The van der Waals surface area contributed by atoms with E-state index >= 15 is 0 Å². The highest BCUT2D eigenvalue weighted by molar-refractivity contribution is 6.35. The molecule has 1 N–H and O–H groups in total. The number of amides is 1. The maximum atomic E-state index is 12.6. The third kappa shape index (κ3) is 4.61. The van der Waals surface area contributed by atoms with Crippen molar-refractivity contribution < 1.29 is 4.79 Å². The molecule has 2 aromatic carbocycles. The standard InChI is InChI=1S/C23H27Cl2N3O/c1-27-9-7-16(8-10-27)23(29)26-18-5-3-15(4-6-18)20-13-28(2)14-21-19(20)11-17(24)12-22(21)25/h3-6,11-12,16,20H,7-10,13-14H2,1-2H3,(H,26,29). The van der Waals surface area contributed by atoms with E-state index in [0.29, 0.717) is 5.02 Å². The average molecular weight is 432 g/mol. The zero-order chi connectivity index (χ0) is 20.5. The summed E-state index contributed by atoms with van der Waals surface area (Å²) < 4.78 is 0. The maximum Gasteiger partial charge on any atom is 0.227 e. The van der Waals surface area contributed by atoms with Crippen molar-refractivity contribution in [3.05, 3.63) is 63.1 Å². The average Bonchev–Trinajstić information content (AvgIpc) is 2.69. The van der Waals surface area contributed by atoms with Gasteiger partial charge in [-0.05, 0) is 81.0 Å². The molecule has 1 unspecified atom stereocenters. The van der Waals surface area contributed by atoms with Gasteiger partial charge in [0.2, 0.25) is 5.91 Å². The fourth-order valence-corrected chi connectivity index (χ4v) is 5.01. The largest absolute Gasteiger partial charge is 0.326 e. The fourth-order valence-electron chi connectivity index (χ4n) is 4.44. The lowest BCUT2D eigenvalue weighted by Gasteiger charge is -2.33. The molecule has 4 nitrogen and oxygen atoms in total. The van der Waals surface area contributed by atoms with Crippen LogP contribution in [0, 0.1) is 5.92 Å². The van der Waals surface area contributed by atoms with Crippen LogP contribution in [0.15, 0.2) is 36.4 Å². The molecule has 4 rings (SSSR count). The molecule has 6 heteroatoms. The van der Waals surface area contributed by atoms with Gasteiger partial charge in [-0.1, -0.05) is 35.3 Å². The van der Waals surface area contributed by atoms with Crippen molar-refractivity contribution in [3.63, 3.8) is 0 Å². The normalized spacial score (nSPS) is 21.0. The van der Waals surface area contributed by atoms with Crippen LogP contribution < -0.4 is 5.32 Å². The number of nitrogens with zero attached hydrogens (tertiary/aromatic N) is 2. The first kappa shape index (κ1) is 20.7. The molecule has 2 aliphatic rings. The number of fused-ring (bicyclic) bond motifs is 1. The molecule has 1 saturated heterocycles. The van der Waals surface area contributed by atoms with Gasteiger partial charge >= 0.3 is 0 Å². The number of nitrogens with one attached hydrogen (secondary N) is 1. The van der Waals surface area contributed by atoms with E-state index in [4.69, 9.17) is 23.2 Å². The quantitative estimate of drug-likeness (QED) is 0.753. The number of hydrogen-bond donors (Lipinski definition) is 1. The molecule has 1 fully saturated rings.